The second-order valence-corrected chi connectivity index (χ2v) is 14.6. The molecule has 0 aliphatic heterocycles. The third kappa shape index (κ3) is 5.30. The normalized spacial score (nSPS) is 17.8. The molecule has 0 fully saturated rings. The number of benzene rings is 7. The van der Waals surface area contributed by atoms with Gasteiger partial charge in [-0.25, -0.2) is 4.79 Å². The van der Waals surface area contributed by atoms with Crippen LogP contribution in [0.3, 0.4) is 0 Å². The molecule has 2 bridgehead atoms. The van der Waals surface area contributed by atoms with Crippen LogP contribution in [-0.4, -0.2) is 11.9 Å². The van der Waals surface area contributed by atoms with E-state index in [-0.39, 0.29) is 23.7 Å². The summed E-state index contributed by atoms with van der Waals surface area (Å²) in [6.45, 7) is 3.52. The maximum atomic E-state index is 14.3. The number of carbonyl (C=O) groups is 2. The lowest BCUT2D eigenvalue weighted by Crippen LogP contribution is -2.38. The van der Waals surface area contributed by atoms with Crippen LogP contribution in [0.25, 0.3) is 11.1 Å². The number of carbonyl (C=O) groups excluding carboxylic acids is 2. The average molecular weight is 729 g/mol. The summed E-state index contributed by atoms with van der Waals surface area (Å²) in [7, 11) is 0. The van der Waals surface area contributed by atoms with Crippen LogP contribution in [-0.2, 0) is 15.0 Å². The van der Waals surface area contributed by atoms with Crippen molar-refractivity contribution in [2.45, 2.75) is 23.7 Å². The van der Waals surface area contributed by atoms with E-state index in [0.29, 0.717) is 17.9 Å². The molecule has 3 atom stereocenters. The van der Waals surface area contributed by atoms with Crippen molar-refractivity contribution in [3.8, 4) is 34.1 Å². The fraction of sp³-hybridized carbons (Fsp3) is 0.0980. The molecule has 0 amide bonds. The highest BCUT2D eigenvalue weighted by atomic mass is 16.5. The molecule has 0 heterocycles. The minimum Gasteiger partial charge on any atom is -0.457 e. The van der Waals surface area contributed by atoms with Crippen molar-refractivity contribution >= 4 is 11.9 Å². The second-order valence-electron chi connectivity index (χ2n) is 14.6. The number of hydrogen-bond acceptors (Lipinski definition) is 5. The van der Waals surface area contributed by atoms with Gasteiger partial charge in [0.15, 0.2) is 0 Å². The molecule has 5 nitrogen and oxygen atoms in total. The summed E-state index contributed by atoms with van der Waals surface area (Å²) >= 11 is 0. The first kappa shape index (κ1) is 33.6. The zero-order valence-electron chi connectivity index (χ0n) is 30.4. The topological polar surface area (TPSA) is 61.8 Å². The maximum Gasteiger partial charge on any atom is 0.335 e. The first-order valence-electron chi connectivity index (χ1n) is 18.9. The lowest BCUT2D eigenvalue weighted by molar-refractivity contribution is -0.140. The third-order valence-electron chi connectivity index (χ3n) is 11.8. The van der Waals surface area contributed by atoms with Gasteiger partial charge in [0, 0.05) is 17.9 Å². The van der Waals surface area contributed by atoms with E-state index in [2.05, 4.69) is 104 Å². The van der Waals surface area contributed by atoms with Crippen LogP contribution in [0, 0.1) is 5.92 Å². The van der Waals surface area contributed by atoms with Gasteiger partial charge < -0.3 is 14.2 Å². The molecule has 3 unspecified atom stereocenters. The Labute approximate surface area is 325 Å². The van der Waals surface area contributed by atoms with Gasteiger partial charge in [0.1, 0.15) is 23.0 Å². The molecular weight excluding hydrogens is 693 g/mol. The van der Waals surface area contributed by atoms with Crippen LogP contribution >= 0.6 is 0 Å². The van der Waals surface area contributed by atoms with E-state index in [9.17, 15) is 9.59 Å². The van der Waals surface area contributed by atoms with Gasteiger partial charge in [0.05, 0.1) is 11.3 Å². The fourth-order valence-corrected chi connectivity index (χ4v) is 9.50. The molecule has 7 aromatic carbocycles. The number of para-hydroxylation sites is 1. The highest BCUT2D eigenvalue weighted by Crippen LogP contribution is 2.58. The highest BCUT2D eigenvalue weighted by molar-refractivity contribution is 5.87. The summed E-state index contributed by atoms with van der Waals surface area (Å²) in [4.78, 5) is 26.3. The van der Waals surface area contributed by atoms with E-state index in [0.717, 1.165) is 56.5 Å². The van der Waals surface area contributed by atoms with Crippen molar-refractivity contribution in [1.29, 1.82) is 0 Å². The minimum atomic E-state index is -0.671. The van der Waals surface area contributed by atoms with Gasteiger partial charge in [-0.2, -0.15) is 0 Å². The van der Waals surface area contributed by atoms with Gasteiger partial charge in [-0.1, -0.05) is 128 Å². The maximum absolute atomic E-state index is 14.3. The van der Waals surface area contributed by atoms with Crippen molar-refractivity contribution in [2.75, 3.05) is 0 Å². The summed E-state index contributed by atoms with van der Waals surface area (Å²) < 4.78 is 17.9. The lowest BCUT2D eigenvalue weighted by atomic mass is 9.59. The summed E-state index contributed by atoms with van der Waals surface area (Å²) in [6.07, 6.45) is 1.82. The van der Waals surface area contributed by atoms with Crippen LogP contribution in [0.4, 0.5) is 0 Å². The minimum absolute atomic E-state index is 0.0551. The highest BCUT2D eigenvalue weighted by Gasteiger charge is 2.48. The average Bonchev–Trinajstić information content (AvgIpc) is 3.55. The fourth-order valence-electron chi connectivity index (χ4n) is 9.50. The Kier molecular flexibility index (Phi) is 8.03. The van der Waals surface area contributed by atoms with E-state index >= 15 is 0 Å². The van der Waals surface area contributed by atoms with E-state index in [1.165, 1.54) is 16.7 Å². The largest absolute Gasteiger partial charge is 0.457 e. The van der Waals surface area contributed by atoms with Crippen molar-refractivity contribution in [1.82, 2.24) is 0 Å². The number of fused-ring (bicyclic) bond motifs is 4. The van der Waals surface area contributed by atoms with Gasteiger partial charge in [0.25, 0.3) is 0 Å². The standard InChI is InChI=1S/C51H36O5/c1-2-48(52)55-35-24-20-32(21-25-35)51(46-18-10-8-15-39(46)40-16-9-11-19-47(40)51)33-22-26-36(27-23-33)56-50(53)45-31-44-38-14-6-7-17-41(38)49(45)42-29-28-37(30-43(42)44)54-34-12-4-3-5-13-34/h2-30,44-45,49H,1,31H2. The van der Waals surface area contributed by atoms with Crippen molar-refractivity contribution in [3.63, 3.8) is 0 Å². The molecule has 4 aliphatic rings. The summed E-state index contributed by atoms with van der Waals surface area (Å²) in [5.41, 5.74) is 10.8. The molecular formula is C51H36O5. The van der Waals surface area contributed by atoms with Crippen molar-refractivity contribution in [3.05, 3.63) is 227 Å². The van der Waals surface area contributed by atoms with E-state index < -0.39 is 11.4 Å². The first-order chi connectivity index (χ1) is 27.5. The number of ether oxygens (including phenoxy) is 3. The lowest BCUT2D eigenvalue weighted by Gasteiger charge is -2.44. The Balaban J connectivity index is 0.983. The van der Waals surface area contributed by atoms with Gasteiger partial charge >= 0.3 is 11.9 Å². The zero-order valence-corrected chi connectivity index (χ0v) is 30.4. The summed E-state index contributed by atoms with van der Waals surface area (Å²) in [6, 6.07) is 57.2. The van der Waals surface area contributed by atoms with E-state index in [1.54, 1.807) is 0 Å². The molecule has 0 radical (unpaired) electrons. The van der Waals surface area contributed by atoms with Crippen LogP contribution in [0.15, 0.2) is 183 Å². The molecule has 270 valence electrons. The van der Waals surface area contributed by atoms with Crippen LogP contribution in [0.1, 0.15) is 62.8 Å². The van der Waals surface area contributed by atoms with Crippen molar-refractivity contribution < 1.29 is 23.8 Å². The van der Waals surface area contributed by atoms with Gasteiger partial charge in [-0.05, 0) is 111 Å². The van der Waals surface area contributed by atoms with Crippen LogP contribution in [0.2, 0.25) is 0 Å². The Morgan fingerprint density at radius 3 is 1.71 bits per heavy atom. The van der Waals surface area contributed by atoms with E-state index in [4.69, 9.17) is 14.2 Å². The predicted octanol–water partition coefficient (Wildman–Crippen LogP) is 11.1. The van der Waals surface area contributed by atoms with E-state index in [1.807, 2.05) is 72.8 Å². The SMILES string of the molecule is C=CC(=O)Oc1ccc(C2(c3ccc(OC(=O)C4CC5c6ccccc6C4c4ccc(Oc6ccccc6)cc45)cc3)c3ccccc3-c3ccccc32)cc1. The number of rotatable bonds is 8. The zero-order chi connectivity index (χ0) is 37.8. The monoisotopic (exact) mass is 728 g/mol. The molecule has 0 aromatic heterocycles. The van der Waals surface area contributed by atoms with Gasteiger partial charge in [-0.3, -0.25) is 4.79 Å². The van der Waals surface area contributed by atoms with Gasteiger partial charge in [-0.15, -0.1) is 0 Å². The van der Waals surface area contributed by atoms with Crippen LogP contribution < -0.4 is 14.2 Å². The Bertz CT molecular complexity index is 2610. The Morgan fingerprint density at radius 2 is 1.07 bits per heavy atom. The quantitative estimate of drug-likeness (QED) is 0.0886. The Hall–Kier alpha value is -6.98. The molecule has 0 spiro atoms. The first-order valence-corrected chi connectivity index (χ1v) is 18.9. The summed E-state index contributed by atoms with van der Waals surface area (Å²) in [5.74, 6) is 1.39. The molecule has 0 saturated heterocycles. The Morgan fingerprint density at radius 1 is 0.536 bits per heavy atom. The molecule has 11 rings (SSSR count). The van der Waals surface area contributed by atoms with Crippen molar-refractivity contribution in [2.24, 2.45) is 5.92 Å². The predicted molar refractivity (Wildman–Crippen MR) is 216 cm³/mol. The molecule has 4 aliphatic carbocycles. The number of hydrogen-bond donors (Lipinski definition) is 0. The number of esters is 2. The third-order valence-corrected chi connectivity index (χ3v) is 11.8. The smallest absolute Gasteiger partial charge is 0.335 e. The van der Waals surface area contributed by atoms with Gasteiger partial charge in [0.2, 0.25) is 0 Å². The second kappa shape index (κ2) is 13.4. The molecule has 0 saturated carbocycles. The summed E-state index contributed by atoms with van der Waals surface area (Å²) in [5, 5.41) is 0. The molecule has 0 N–H and O–H groups in total. The molecule has 56 heavy (non-hydrogen) atoms. The van der Waals surface area contributed by atoms with Crippen LogP contribution in [0.5, 0.6) is 23.0 Å². The molecule has 7 aromatic rings. The molecule has 5 heteroatoms.